The van der Waals surface area contributed by atoms with Gasteiger partial charge in [-0.05, 0) is 82.9 Å². The third-order valence-electron chi connectivity index (χ3n) is 6.21. The van der Waals surface area contributed by atoms with Gasteiger partial charge in [-0.3, -0.25) is 14.4 Å². The van der Waals surface area contributed by atoms with E-state index in [1.165, 1.54) is 0 Å². The van der Waals surface area contributed by atoms with E-state index in [9.17, 15) is 14.4 Å². The highest BCUT2D eigenvalue weighted by molar-refractivity contribution is 7.08. The van der Waals surface area contributed by atoms with Gasteiger partial charge in [0, 0.05) is 40.5 Å². The number of thiophene rings is 1. The van der Waals surface area contributed by atoms with Gasteiger partial charge in [0.05, 0.1) is 5.69 Å². The first kappa shape index (κ1) is 26.6. The average molecular weight is 524 g/mol. The van der Waals surface area contributed by atoms with Crippen LogP contribution in [0.1, 0.15) is 29.8 Å². The zero-order valence-electron chi connectivity index (χ0n) is 21.7. The van der Waals surface area contributed by atoms with Crippen LogP contribution < -0.4 is 10.6 Å². The minimum absolute atomic E-state index is 0.513. The Morgan fingerprint density at radius 3 is 2.18 bits per heavy atom. The van der Waals surface area contributed by atoms with Gasteiger partial charge in [0.15, 0.2) is 0 Å². The Hall–Kier alpha value is -4.49. The zero-order valence-corrected chi connectivity index (χ0v) is 22.6. The minimum atomic E-state index is -0.751. The summed E-state index contributed by atoms with van der Waals surface area (Å²) in [5.41, 5.74) is 7.73. The first-order valence-corrected chi connectivity index (χ1v) is 13.3. The molecule has 0 unspecified atom stereocenters. The third-order valence-corrected chi connectivity index (χ3v) is 6.89. The number of aryl methyl sites for hydroxylation is 2. The van der Waals surface area contributed by atoms with Gasteiger partial charge in [-0.25, -0.2) is 0 Å². The molecule has 192 valence electrons. The van der Waals surface area contributed by atoms with Crippen LogP contribution in [0.4, 0.5) is 11.4 Å². The maximum atomic E-state index is 12.6. The zero-order chi connectivity index (χ0) is 27.2. The number of anilines is 2. The molecule has 2 amide bonds. The molecule has 0 spiro atoms. The Balaban J connectivity index is 0.00000164. The topological polar surface area (TPSA) is 80.2 Å². The first-order chi connectivity index (χ1) is 18.4. The number of amides is 2. The molecule has 7 heteroatoms. The van der Waals surface area contributed by atoms with Crippen molar-refractivity contribution >= 4 is 51.7 Å². The Labute approximate surface area is 225 Å². The average Bonchev–Trinajstić information content (AvgIpc) is 3.57. The van der Waals surface area contributed by atoms with Crippen molar-refractivity contribution < 1.29 is 14.4 Å². The van der Waals surface area contributed by atoms with E-state index >= 15 is 0 Å². The molecule has 5 aromatic rings. The van der Waals surface area contributed by atoms with Gasteiger partial charge in [-0.15, -0.1) is 0 Å². The summed E-state index contributed by atoms with van der Waals surface area (Å²) in [5, 5.41) is 10.4. The number of carbonyl (C=O) groups is 3. The lowest BCUT2D eigenvalue weighted by Gasteiger charge is -2.10. The Morgan fingerprint density at radius 1 is 0.816 bits per heavy atom. The van der Waals surface area contributed by atoms with E-state index in [0.717, 1.165) is 45.1 Å². The number of carbonyl (C=O) groups excluding carboxylic acids is 3. The van der Waals surface area contributed by atoms with Gasteiger partial charge in [0.25, 0.3) is 0 Å². The van der Waals surface area contributed by atoms with E-state index in [1.807, 2.05) is 81.7 Å². The van der Waals surface area contributed by atoms with Crippen LogP contribution >= 0.6 is 11.3 Å². The third kappa shape index (κ3) is 5.43. The predicted octanol–water partition coefficient (Wildman–Crippen LogP) is 7.30. The second-order valence-electron chi connectivity index (χ2n) is 8.51. The van der Waals surface area contributed by atoms with Crippen molar-refractivity contribution in [3.05, 3.63) is 94.7 Å². The van der Waals surface area contributed by atoms with Crippen molar-refractivity contribution in [1.82, 2.24) is 4.57 Å². The molecule has 2 N–H and O–H groups in total. The van der Waals surface area contributed by atoms with Crippen LogP contribution in [0.5, 0.6) is 0 Å². The summed E-state index contributed by atoms with van der Waals surface area (Å²) in [6.45, 7) is 6.01. The molecule has 5 rings (SSSR count). The fourth-order valence-corrected chi connectivity index (χ4v) is 5.09. The molecule has 6 nitrogen and oxygen atoms in total. The monoisotopic (exact) mass is 523 g/mol. The number of nitrogens with zero attached hydrogens (tertiary/aromatic N) is 1. The van der Waals surface area contributed by atoms with Gasteiger partial charge in [0.1, 0.15) is 6.29 Å². The summed E-state index contributed by atoms with van der Waals surface area (Å²) in [4.78, 5) is 36.3. The van der Waals surface area contributed by atoms with Crippen LogP contribution in [0, 0.1) is 6.92 Å². The summed E-state index contributed by atoms with van der Waals surface area (Å²) in [6.07, 6.45) is 0.838. The van der Waals surface area contributed by atoms with E-state index in [1.54, 1.807) is 35.6 Å². The van der Waals surface area contributed by atoms with Gasteiger partial charge < -0.3 is 15.2 Å². The lowest BCUT2D eigenvalue weighted by molar-refractivity contribution is -0.132. The Bertz CT molecular complexity index is 1600. The smallest absolute Gasteiger partial charge is 0.314 e. The van der Waals surface area contributed by atoms with E-state index in [-0.39, 0.29) is 0 Å². The molecule has 0 aliphatic rings. The molecule has 0 radical (unpaired) electrons. The first-order valence-electron chi connectivity index (χ1n) is 12.3. The van der Waals surface area contributed by atoms with Gasteiger partial charge in [0.2, 0.25) is 0 Å². The molecule has 0 bridgehead atoms. The molecule has 38 heavy (non-hydrogen) atoms. The second-order valence-corrected chi connectivity index (χ2v) is 9.29. The summed E-state index contributed by atoms with van der Waals surface area (Å²) in [5.74, 6) is -1.50. The summed E-state index contributed by atoms with van der Waals surface area (Å²) in [7, 11) is 1.97. The normalized spacial score (nSPS) is 10.4. The van der Waals surface area contributed by atoms with Crippen molar-refractivity contribution in [1.29, 1.82) is 0 Å². The van der Waals surface area contributed by atoms with Crippen LogP contribution in [-0.2, 0) is 16.6 Å². The molecule has 0 atom stereocenters. The van der Waals surface area contributed by atoms with E-state index in [4.69, 9.17) is 0 Å². The quantitative estimate of drug-likeness (QED) is 0.187. The highest BCUT2D eigenvalue weighted by atomic mass is 32.1. The number of aldehydes is 1. The molecular formula is C31H29N3O3S. The van der Waals surface area contributed by atoms with Crippen LogP contribution in [0.2, 0.25) is 0 Å². The molecule has 0 saturated carbocycles. The molecule has 0 fully saturated rings. The maximum absolute atomic E-state index is 12.6. The number of fused-ring (bicyclic) bond motifs is 1. The van der Waals surface area contributed by atoms with Gasteiger partial charge in [-0.2, -0.15) is 11.3 Å². The van der Waals surface area contributed by atoms with Crippen molar-refractivity contribution in [2.45, 2.75) is 20.8 Å². The number of hydrogen-bond acceptors (Lipinski definition) is 4. The summed E-state index contributed by atoms with van der Waals surface area (Å²) < 4.78 is 2.06. The van der Waals surface area contributed by atoms with Crippen LogP contribution in [-0.4, -0.2) is 22.7 Å². The van der Waals surface area contributed by atoms with Crippen molar-refractivity contribution in [3.63, 3.8) is 0 Å². The Kier molecular flexibility index (Phi) is 8.19. The van der Waals surface area contributed by atoms with Crippen LogP contribution in [0.3, 0.4) is 0 Å². The van der Waals surface area contributed by atoms with E-state index < -0.39 is 11.8 Å². The van der Waals surface area contributed by atoms with Crippen molar-refractivity contribution in [2.24, 2.45) is 7.05 Å². The second kappa shape index (κ2) is 11.7. The molecule has 0 aliphatic heterocycles. The number of aromatic nitrogens is 1. The highest BCUT2D eigenvalue weighted by Gasteiger charge is 2.17. The number of rotatable bonds is 5. The van der Waals surface area contributed by atoms with Gasteiger partial charge in [-0.1, -0.05) is 38.1 Å². The van der Waals surface area contributed by atoms with E-state index in [2.05, 4.69) is 20.6 Å². The Morgan fingerprint density at radius 2 is 1.53 bits per heavy atom. The fourth-order valence-electron chi connectivity index (χ4n) is 4.42. The number of nitrogens with one attached hydrogen (secondary N) is 2. The van der Waals surface area contributed by atoms with Gasteiger partial charge >= 0.3 is 11.8 Å². The fraction of sp³-hybridized carbons (Fsp3) is 0.129. The molecule has 2 heterocycles. The molecule has 0 aliphatic carbocycles. The van der Waals surface area contributed by atoms with Crippen LogP contribution in [0.15, 0.2) is 83.6 Å². The lowest BCUT2D eigenvalue weighted by Crippen LogP contribution is -2.29. The SMILES string of the molecule is CC.Cc1c(-c2cccc(NC(=O)C(=O)Nc3ccc(-c4ccsc4)cc3)c2)n(C)c2ccc(C=O)cc12. The minimum Gasteiger partial charge on any atom is -0.343 e. The molecule has 3 aromatic carbocycles. The molecule has 0 saturated heterocycles. The maximum Gasteiger partial charge on any atom is 0.314 e. The van der Waals surface area contributed by atoms with Crippen molar-refractivity contribution in [3.8, 4) is 22.4 Å². The largest absolute Gasteiger partial charge is 0.343 e. The van der Waals surface area contributed by atoms with Crippen LogP contribution in [0.25, 0.3) is 33.3 Å². The highest BCUT2D eigenvalue weighted by Crippen LogP contribution is 2.34. The van der Waals surface area contributed by atoms with Crippen molar-refractivity contribution in [2.75, 3.05) is 10.6 Å². The predicted molar refractivity (Wildman–Crippen MR) is 157 cm³/mol. The number of hydrogen-bond donors (Lipinski definition) is 2. The molecular weight excluding hydrogens is 494 g/mol. The standard InChI is InChI=1S/C29H23N3O3S.C2H6/c1-18-25-14-19(16-33)6-11-26(25)32(2)27(18)21-4-3-5-24(15-21)31-29(35)28(34)30-23-9-7-20(8-10-23)22-12-13-36-17-22;1-2/h3-17H,1-2H3,(H,30,34)(H,31,35);1-2H3. The summed E-state index contributed by atoms with van der Waals surface area (Å²) in [6, 6.07) is 22.4. The van der Waals surface area contributed by atoms with E-state index in [0.29, 0.717) is 16.9 Å². The number of benzene rings is 3. The summed E-state index contributed by atoms with van der Waals surface area (Å²) >= 11 is 1.62. The molecule has 2 aromatic heterocycles. The lowest BCUT2D eigenvalue weighted by atomic mass is 10.0.